The molecule has 0 bridgehead atoms. The molecule has 0 saturated carbocycles. The van der Waals surface area contributed by atoms with Crippen LogP contribution in [0.15, 0.2) is 17.2 Å². The summed E-state index contributed by atoms with van der Waals surface area (Å²) in [5, 5.41) is 0. The molecule has 1 aromatic heterocycles. The molecule has 1 rings (SSSR count). The summed E-state index contributed by atoms with van der Waals surface area (Å²) in [4.78, 5) is -0.0615. The minimum atomic E-state index is -4.39. The van der Waals surface area contributed by atoms with Crippen LogP contribution in [-0.4, -0.2) is 25.7 Å². The predicted molar refractivity (Wildman–Crippen MR) is 68.5 cm³/mol. The largest absolute Gasteiger partial charge is 0.390 e. The van der Waals surface area contributed by atoms with Gasteiger partial charge in [-0.2, -0.15) is 13.2 Å². The number of aryl methyl sites for hydroxylation is 1. The summed E-state index contributed by atoms with van der Waals surface area (Å²) < 4.78 is 63.4. The van der Waals surface area contributed by atoms with Gasteiger partial charge in [-0.3, -0.25) is 0 Å². The van der Waals surface area contributed by atoms with E-state index in [1.54, 1.807) is 4.57 Å². The fourth-order valence-corrected chi connectivity index (χ4v) is 2.80. The Morgan fingerprint density at radius 1 is 1.40 bits per heavy atom. The topological polar surface area (TPSA) is 77.1 Å². The molecule has 0 unspecified atom stereocenters. The number of hydrogen-bond acceptors (Lipinski definition) is 3. The van der Waals surface area contributed by atoms with Crippen LogP contribution in [0.1, 0.15) is 25.5 Å². The summed E-state index contributed by atoms with van der Waals surface area (Å²) in [6, 6.07) is 1.38. The first-order valence-electron chi connectivity index (χ1n) is 6.15. The fraction of sp³-hybridized carbons (Fsp3) is 0.636. The maximum Gasteiger partial charge on any atom is 0.390 e. The Kier molecular flexibility index (Phi) is 5.60. The van der Waals surface area contributed by atoms with Crippen LogP contribution in [0, 0.1) is 0 Å². The van der Waals surface area contributed by atoms with E-state index in [0.29, 0.717) is 12.2 Å². The molecule has 0 amide bonds. The molecule has 0 atom stereocenters. The maximum absolute atomic E-state index is 12.0. The van der Waals surface area contributed by atoms with Crippen LogP contribution in [0.25, 0.3) is 0 Å². The first-order chi connectivity index (χ1) is 9.19. The molecule has 0 aromatic carbocycles. The highest BCUT2D eigenvalue weighted by atomic mass is 32.2. The molecule has 1 aromatic rings. The second-order valence-electron chi connectivity index (χ2n) is 4.33. The number of alkyl halides is 3. The Hall–Kier alpha value is -1.06. The minimum absolute atomic E-state index is 0.0615. The van der Waals surface area contributed by atoms with Gasteiger partial charge in [0.25, 0.3) is 0 Å². The molecular weight excluding hydrogens is 295 g/mol. The number of halogens is 3. The second kappa shape index (κ2) is 6.59. The molecule has 9 heteroatoms. The van der Waals surface area contributed by atoms with E-state index >= 15 is 0 Å². The lowest BCUT2D eigenvalue weighted by atomic mass is 10.4. The molecule has 0 aliphatic heterocycles. The van der Waals surface area contributed by atoms with E-state index in [1.807, 2.05) is 11.6 Å². The van der Waals surface area contributed by atoms with E-state index in [4.69, 9.17) is 5.73 Å². The van der Waals surface area contributed by atoms with Crippen molar-refractivity contribution >= 4 is 10.0 Å². The van der Waals surface area contributed by atoms with E-state index in [-0.39, 0.29) is 11.4 Å². The zero-order chi connectivity index (χ0) is 15.4. The summed E-state index contributed by atoms with van der Waals surface area (Å²) in [6.07, 6.45) is -3.41. The molecule has 0 aliphatic carbocycles. The Morgan fingerprint density at radius 3 is 2.55 bits per heavy atom. The maximum atomic E-state index is 12.0. The summed E-state index contributed by atoms with van der Waals surface area (Å²) in [5.74, 6) is 0. The van der Waals surface area contributed by atoms with Crippen LogP contribution in [0.5, 0.6) is 0 Å². The first-order valence-corrected chi connectivity index (χ1v) is 7.63. The van der Waals surface area contributed by atoms with Crippen molar-refractivity contribution in [1.29, 1.82) is 0 Å². The van der Waals surface area contributed by atoms with Crippen molar-refractivity contribution in [1.82, 2.24) is 9.29 Å². The van der Waals surface area contributed by atoms with Crippen LogP contribution in [0.2, 0.25) is 0 Å². The van der Waals surface area contributed by atoms with Crippen LogP contribution >= 0.6 is 0 Å². The van der Waals surface area contributed by atoms with Crippen molar-refractivity contribution in [3.63, 3.8) is 0 Å². The van der Waals surface area contributed by atoms with E-state index in [1.165, 1.54) is 12.3 Å². The van der Waals surface area contributed by atoms with Gasteiger partial charge in [-0.05, 0) is 12.5 Å². The van der Waals surface area contributed by atoms with Crippen molar-refractivity contribution in [3.05, 3.63) is 18.0 Å². The predicted octanol–water partition coefficient (Wildman–Crippen LogP) is 1.59. The van der Waals surface area contributed by atoms with Crippen LogP contribution in [-0.2, 0) is 23.1 Å². The van der Waals surface area contributed by atoms with Gasteiger partial charge in [0.05, 0.1) is 11.3 Å². The van der Waals surface area contributed by atoms with Gasteiger partial charge in [-0.1, -0.05) is 6.92 Å². The van der Waals surface area contributed by atoms with Crippen molar-refractivity contribution in [2.24, 2.45) is 5.73 Å². The molecule has 1 heterocycles. The molecular formula is C11H18F3N3O2S. The summed E-state index contributed by atoms with van der Waals surface area (Å²) in [6.45, 7) is 2.02. The van der Waals surface area contributed by atoms with Crippen molar-refractivity contribution in [3.8, 4) is 0 Å². The molecule has 0 aliphatic rings. The van der Waals surface area contributed by atoms with Crippen LogP contribution in [0.4, 0.5) is 13.2 Å². The average molecular weight is 313 g/mol. The van der Waals surface area contributed by atoms with Crippen LogP contribution in [0.3, 0.4) is 0 Å². The summed E-state index contributed by atoms with van der Waals surface area (Å²) in [7, 11) is -3.94. The molecule has 20 heavy (non-hydrogen) atoms. The van der Waals surface area contributed by atoms with Gasteiger partial charge in [0.1, 0.15) is 0 Å². The molecule has 0 radical (unpaired) electrons. The third kappa shape index (κ3) is 4.80. The van der Waals surface area contributed by atoms with Gasteiger partial charge in [0.2, 0.25) is 10.0 Å². The second-order valence-corrected chi connectivity index (χ2v) is 6.09. The normalized spacial score (nSPS) is 12.8. The number of nitrogens with two attached hydrogens (primary N) is 1. The van der Waals surface area contributed by atoms with Gasteiger partial charge in [0, 0.05) is 31.5 Å². The van der Waals surface area contributed by atoms with Crippen molar-refractivity contribution < 1.29 is 21.6 Å². The van der Waals surface area contributed by atoms with E-state index in [0.717, 1.165) is 6.42 Å². The van der Waals surface area contributed by atoms with E-state index in [9.17, 15) is 21.6 Å². The summed E-state index contributed by atoms with van der Waals surface area (Å²) in [5.41, 5.74) is 6.14. The lowest BCUT2D eigenvalue weighted by Gasteiger charge is -2.07. The zero-order valence-corrected chi connectivity index (χ0v) is 11.9. The SMILES string of the molecule is CCCn1cc(S(=O)(=O)NCCC(F)(F)F)cc1CN. The first kappa shape index (κ1) is 17.0. The van der Waals surface area contributed by atoms with Crippen molar-refractivity contribution in [2.75, 3.05) is 6.54 Å². The Labute approximate surface area is 116 Å². The zero-order valence-electron chi connectivity index (χ0n) is 11.1. The minimum Gasteiger partial charge on any atom is -0.349 e. The van der Waals surface area contributed by atoms with Crippen molar-refractivity contribution in [2.45, 2.75) is 43.9 Å². The molecule has 116 valence electrons. The summed E-state index contributed by atoms with van der Waals surface area (Å²) >= 11 is 0. The van der Waals surface area contributed by atoms with E-state index < -0.39 is 29.2 Å². The lowest BCUT2D eigenvalue weighted by molar-refractivity contribution is -0.132. The number of sulfonamides is 1. The quantitative estimate of drug-likeness (QED) is 0.802. The molecule has 0 fully saturated rings. The molecule has 0 saturated heterocycles. The average Bonchev–Trinajstić information content (AvgIpc) is 2.71. The Morgan fingerprint density at radius 2 is 2.05 bits per heavy atom. The highest BCUT2D eigenvalue weighted by Gasteiger charge is 2.28. The smallest absolute Gasteiger partial charge is 0.349 e. The van der Waals surface area contributed by atoms with Gasteiger partial charge in [-0.15, -0.1) is 0 Å². The Balaban J connectivity index is 2.82. The van der Waals surface area contributed by atoms with Gasteiger partial charge in [-0.25, -0.2) is 13.1 Å². The van der Waals surface area contributed by atoms with Gasteiger partial charge >= 0.3 is 6.18 Å². The third-order valence-corrected chi connectivity index (χ3v) is 4.07. The monoisotopic (exact) mass is 313 g/mol. The standard InChI is InChI=1S/C11H18F3N3O2S/c1-2-5-17-8-10(6-9(17)7-15)20(18,19)16-4-3-11(12,13)14/h6,8,16H,2-5,7,15H2,1H3. The van der Waals surface area contributed by atoms with Gasteiger partial charge < -0.3 is 10.3 Å². The molecule has 0 spiro atoms. The third-order valence-electron chi connectivity index (χ3n) is 2.65. The number of nitrogens with zero attached hydrogens (tertiary/aromatic N) is 1. The van der Waals surface area contributed by atoms with Gasteiger partial charge in [0.15, 0.2) is 0 Å². The number of aromatic nitrogens is 1. The van der Waals surface area contributed by atoms with Crippen LogP contribution < -0.4 is 10.5 Å². The fourth-order valence-electron chi connectivity index (χ4n) is 1.70. The highest BCUT2D eigenvalue weighted by Crippen LogP contribution is 2.19. The van der Waals surface area contributed by atoms with E-state index in [2.05, 4.69) is 0 Å². The highest BCUT2D eigenvalue weighted by molar-refractivity contribution is 7.89. The molecule has 5 nitrogen and oxygen atoms in total. The number of hydrogen-bond donors (Lipinski definition) is 2. The lowest BCUT2D eigenvalue weighted by Crippen LogP contribution is -2.27. The number of rotatable bonds is 7. The Bertz CT molecular complexity index is 538. The molecule has 3 N–H and O–H groups in total. The number of nitrogens with one attached hydrogen (secondary N) is 1.